The van der Waals surface area contributed by atoms with Crippen LogP contribution >= 0.6 is 0 Å². The molecule has 0 saturated carbocycles. The average Bonchev–Trinajstić information content (AvgIpc) is 2.40. The molecule has 0 aromatic heterocycles. The average molecular weight is 271 g/mol. The predicted octanol–water partition coefficient (Wildman–Crippen LogP) is 4.40. The number of nitrogens with zero attached hydrogens (tertiary/aromatic N) is 2. The smallest absolute Gasteiger partial charge is 0.000960 e. The van der Waals surface area contributed by atoms with Crippen molar-refractivity contribution in [3.8, 4) is 0 Å². The Morgan fingerprint density at radius 1 is 0.474 bits per heavy atom. The van der Waals surface area contributed by atoms with Crippen molar-refractivity contribution in [3.05, 3.63) is 0 Å². The molecule has 0 aromatic carbocycles. The Balaban J connectivity index is 3.30. The van der Waals surface area contributed by atoms with Crippen molar-refractivity contribution >= 4 is 0 Å². The van der Waals surface area contributed by atoms with Crippen LogP contribution in [0, 0.1) is 0 Å². The van der Waals surface area contributed by atoms with Crippen molar-refractivity contribution in [2.24, 2.45) is 0 Å². The van der Waals surface area contributed by atoms with Crippen LogP contribution in [0.1, 0.15) is 71.6 Å². The van der Waals surface area contributed by atoms with E-state index in [1.807, 2.05) is 0 Å². The Morgan fingerprint density at radius 2 is 0.842 bits per heavy atom. The molecule has 0 aliphatic heterocycles. The van der Waals surface area contributed by atoms with E-state index in [2.05, 4.69) is 37.7 Å². The third kappa shape index (κ3) is 14.1. The first kappa shape index (κ1) is 18.9. The zero-order valence-corrected chi connectivity index (χ0v) is 14.1. The molecule has 116 valence electrons. The molecule has 0 radical (unpaired) electrons. The van der Waals surface area contributed by atoms with Gasteiger partial charge in [0.1, 0.15) is 0 Å². The monoisotopic (exact) mass is 270 g/mol. The van der Waals surface area contributed by atoms with Crippen LogP contribution in [0.25, 0.3) is 0 Å². The first-order chi connectivity index (χ1) is 9.20. The Kier molecular flexibility index (Phi) is 14.3. The zero-order valence-electron chi connectivity index (χ0n) is 14.1. The fourth-order valence-corrected chi connectivity index (χ4v) is 2.45. The minimum atomic E-state index is 1.26. The van der Waals surface area contributed by atoms with Crippen molar-refractivity contribution in [2.45, 2.75) is 71.6 Å². The van der Waals surface area contributed by atoms with E-state index in [-0.39, 0.29) is 0 Å². The van der Waals surface area contributed by atoms with Crippen molar-refractivity contribution in [1.29, 1.82) is 0 Å². The highest BCUT2D eigenvalue weighted by Crippen LogP contribution is 2.02. The summed E-state index contributed by atoms with van der Waals surface area (Å²) in [6.07, 6.45) is 12.3. The summed E-state index contributed by atoms with van der Waals surface area (Å²) in [6.45, 7) is 9.62. The number of unbranched alkanes of at least 4 members (excludes halogenated alkanes) is 6. The molecule has 0 heterocycles. The minimum Gasteiger partial charge on any atom is -0.306 e. The molecule has 19 heavy (non-hydrogen) atoms. The van der Waals surface area contributed by atoms with Crippen LogP contribution in [0.4, 0.5) is 0 Å². The highest BCUT2D eigenvalue weighted by Gasteiger charge is 2.01. The molecular formula is C17H38N2. The Morgan fingerprint density at radius 3 is 1.21 bits per heavy atom. The van der Waals surface area contributed by atoms with Crippen LogP contribution in [-0.4, -0.2) is 50.1 Å². The summed E-state index contributed by atoms with van der Waals surface area (Å²) in [5.74, 6) is 0. The molecule has 0 spiro atoms. The van der Waals surface area contributed by atoms with Gasteiger partial charge in [-0.3, -0.25) is 0 Å². The second kappa shape index (κ2) is 14.3. The third-order valence-electron chi connectivity index (χ3n) is 3.87. The van der Waals surface area contributed by atoms with Crippen LogP contribution in [0.2, 0.25) is 0 Å². The molecule has 0 aromatic rings. The van der Waals surface area contributed by atoms with Crippen molar-refractivity contribution < 1.29 is 0 Å². The fraction of sp³-hybridized carbons (Fsp3) is 1.00. The molecule has 0 aliphatic carbocycles. The molecule has 0 atom stereocenters. The predicted molar refractivity (Wildman–Crippen MR) is 87.9 cm³/mol. The van der Waals surface area contributed by atoms with Gasteiger partial charge >= 0.3 is 0 Å². The maximum atomic E-state index is 2.50. The summed E-state index contributed by atoms with van der Waals surface area (Å²) in [7, 11) is 4.54. The summed E-state index contributed by atoms with van der Waals surface area (Å²) < 4.78 is 0. The maximum absolute atomic E-state index is 2.50. The van der Waals surface area contributed by atoms with E-state index in [1.54, 1.807) is 0 Å². The van der Waals surface area contributed by atoms with Crippen molar-refractivity contribution in [1.82, 2.24) is 9.80 Å². The van der Waals surface area contributed by atoms with Crippen molar-refractivity contribution in [2.75, 3.05) is 40.3 Å². The lowest BCUT2D eigenvalue weighted by molar-refractivity contribution is 0.271. The van der Waals surface area contributed by atoms with Gasteiger partial charge in [0.2, 0.25) is 0 Å². The summed E-state index contributed by atoms with van der Waals surface area (Å²) in [6, 6.07) is 0. The summed E-state index contributed by atoms with van der Waals surface area (Å²) in [5.41, 5.74) is 0. The Labute approximate surface area is 122 Å². The minimum absolute atomic E-state index is 1.26. The molecule has 0 fully saturated rings. The van der Waals surface area contributed by atoms with E-state index in [9.17, 15) is 0 Å². The number of rotatable bonds is 14. The zero-order chi connectivity index (χ0) is 14.3. The van der Waals surface area contributed by atoms with Crippen molar-refractivity contribution in [3.63, 3.8) is 0 Å². The second-order valence-electron chi connectivity index (χ2n) is 6.08. The maximum Gasteiger partial charge on any atom is -0.000960 e. The van der Waals surface area contributed by atoms with Crippen LogP contribution in [0.3, 0.4) is 0 Å². The summed E-state index contributed by atoms with van der Waals surface area (Å²) >= 11 is 0. The topological polar surface area (TPSA) is 6.48 Å². The fourth-order valence-electron chi connectivity index (χ4n) is 2.45. The lowest BCUT2D eigenvalue weighted by atomic mass is 10.2. The van der Waals surface area contributed by atoms with E-state index in [1.165, 1.54) is 84.0 Å². The largest absolute Gasteiger partial charge is 0.306 e. The molecule has 0 saturated heterocycles. The van der Waals surface area contributed by atoms with Gasteiger partial charge in [0.05, 0.1) is 0 Å². The lowest BCUT2D eigenvalue weighted by Crippen LogP contribution is -2.27. The van der Waals surface area contributed by atoms with Gasteiger partial charge in [0.25, 0.3) is 0 Å². The molecule has 0 aliphatic rings. The molecule has 2 heteroatoms. The van der Waals surface area contributed by atoms with Crippen LogP contribution in [-0.2, 0) is 0 Å². The van der Waals surface area contributed by atoms with Gasteiger partial charge in [-0.25, -0.2) is 0 Å². The first-order valence-corrected chi connectivity index (χ1v) is 8.57. The molecule has 2 nitrogen and oxygen atoms in total. The van der Waals surface area contributed by atoms with E-state index in [0.29, 0.717) is 0 Å². The van der Waals surface area contributed by atoms with E-state index >= 15 is 0 Å². The Bertz CT molecular complexity index is 153. The normalized spacial score (nSPS) is 11.7. The third-order valence-corrected chi connectivity index (χ3v) is 3.87. The SMILES string of the molecule is CCCCCCN(C)CCCN(C)CCCCCC. The molecular weight excluding hydrogens is 232 g/mol. The highest BCUT2D eigenvalue weighted by molar-refractivity contribution is 4.57. The van der Waals surface area contributed by atoms with Gasteiger partial charge in [-0.2, -0.15) is 0 Å². The summed E-state index contributed by atoms with van der Waals surface area (Å²) in [5, 5.41) is 0. The molecule has 0 amide bonds. The van der Waals surface area contributed by atoms with Gasteiger partial charge in [0, 0.05) is 0 Å². The van der Waals surface area contributed by atoms with Gasteiger partial charge in [-0.05, 0) is 59.5 Å². The molecule has 0 bridgehead atoms. The second-order valence-corrected chi connectivity index (χ2v) is 6.08. The standard InChI is InChI=1S/C17H38N2/c1-5-7-9-11-14-18(3)16-13-17-19(4)15-12-10-8-6-2/h5-17H2,1-4H3. The highest BCUT2D eigenvalue weighted by atomic mass is 15.1. The van der Waals surface area contributed by atoms with Gasteiger partial charge < -0.3 is 9.80 Å². The number of hydrogen-bond acceptors (Lipinski definition) is 2. The molecule has 0 rings (SSSR count). The van der Waals surface area contributed by atoms with Crippen LogP contribution in [0.15, 0.2) is 0 Å². The Hall–Kier alpha value is -0.0800. The van der Waals surface area contributed by atoms with E-state index in [0.717, 1.165) is 0 Å². The first-order valence-electron chi connectivity index (χ1n) is 8.57. The van der Waals surface area contributed by atoms with E-state index in [4.69, 9.17) is 0 Å². The van der Waals surface area contributed by atoms with Gasteiger partial charge in [-0.1, -0.05) is 52.4 Å². The van der Waals surface area contributed by atoms with Gasteiger partial charge in [-0.15, -0.1) is 0 Å². The molecule has 0 N–H and O–H groups in total. The number of hydrogen-bond donors (Lipinski definition) is 0. The molecule has 0 unspecified atom stereocenters. The van der Waals surface area contributed by atoms with Gasteiger partial charge in [0.15, 0.2) is 0 Å². The van der Waals surface area contributed by atoms with Crippen LogP contribution in [0.5, 0.6) is 0 Å². The van der Waals surface area contributed by atoms with Crippen LogP contribution < -0.4 is 0 Å². The van der Waals surface area contributed by atoms with E-state index < -0.39 is 0 Å². The lowest BCUT2D eigenvalue weighted by Gasteiger charge is -2.20. The summed E-state index contributed by atoms with van der Waals surface area (Å²) in [4.78, 5) is 5.00. The quantitative estimate of drug-likeness (QED) is 0.432.